The number of hydrogen-bond acceptors (Lipinski definition) is 4. The number of carboxylic acid groups (broad SMARTS) is 1. The van der Waals surface area contributed by atoms with E-state index in [0.717, 1.165) is 19.1 Å². The van der Waals surface area contributed by atoms with Gasteiger partial charge in [0.15, 0.2) is 9.84 Å². The van der Waals surface area contributed by atoms with Crippen LogP contribution < -0.4 is 10.6 Å². The highest BCUT2D eigenvalue weighted by atomic mass is 32.2. The van der Waals surface area contributed by atoms with E-state index in [0.29, 0.717) is 12.8 Å². The molecule has 1 rings (SSSR count). The summed E-state index contributed by atoms with van der Waals surface area (Å²) in [6, 6.07) is -0.635. The van der Waals surface area contributed by atoms with Crippen LogP contribution in [-0.2, 0) is 14.6 Å². The number of aliphatic carboxylic acids is 1. The third kappa shape index (κ3) is 5.18. The predicted octanol–water partition coefficient (Wildman–Crippen LogP) is 0.752. The maximum absolute atomic E-state index is 11.8. The van der Waals surface area contributed by atoms with Crippen molar-refractivity contribution < 1.29 is 23.1 Å². The number of amides is 2. The third-order valence-corrected chi connectivity index (χ3v) is 6.19. The number of carbonyl (C=O) groups excluding carboxylic acids is 1. The van der Waals surface area contributed by atoms with Crippen molar-refractivity contribution in [3.05, 3.63) is 0 Å². The van der Waals surface area contributed by atoms with Gasteiger partial charge in [-0.15, -0.1) is 0 Å². The number of sulfone groups is 1. The summed E-state index contributed by atoms with van der Waals surface area (Å²) in [5, 5.41) is 14.3. The Labute approximate surface area is 125 Å². The second-order valence-corrected chi connectivity index (χ2v) is 8.91. The van der Waals surface area contributed by atoms with Gasteiger partial charge in [0.25, 0.3) is 0 Å². The Balaban J connectivity index is 2.46. The Hall–Kier alpha value is -1.31. The minimum atomic E-state index is -3.27. The molecular formula is C13H24N2O5S. The maximum Gasteiger partial charge on any atom is 0.315 e. The van der Waals surface area contributed by atoms with Gasteiger partial charge in [-0.2, -0.15) is 0 Å². The van der Waals surface area contributed by atoms with Gasteiger partial charge < -0.3 is 15.7 Å². The first-order chi connectivity index (χ1) is 9.53. The van der Waals surface area contributed by atoms with Crippen molar-refractivity contribution in [3.63, 3.8) is 0 Å². The Kier molecular flexibility index (Phi) is 5.61. The molecule has 1 fully saturated rings. The highest BCUT2D eigenvalue weighted by molar-refractivity contribution is 7.92. The first-order valence-corrected chi connectivity index (χ1v) is 8.89. The summed E-state index contributed by atoms with van der Waals surface area (Å²) in [4.78, 5) is 22.8. The summed E-state index contributed by atoms with van der Waals surface area (Å²) in [5.74, 6) is -1.25. The maximum atomic E-state index is 11.8. The molecule has 1 aliphatic carbocycles. The highest BCUT2D eigenvalue weighted by Crippen LogP contribution is 2.24. The van der Waals surface area contributed by atoms with E-state index < -0.39 is 32.5 Å². The molecule has 0 saturated heterocycles. The number of rotatable bonds is 5. The lowest BCUT2D eigenvalue weighted by molar-refractivity contribution is -0.143. The van der Waals surface area contributed by atoms with E-state index in [9.17, 15) is 18.0 Å². The van der Waals surface area contributed by atoms with Crippen molar-refractivity contribution >= 4 is 21.8 Å². The molecule has 122 valence electrons. The minimum Gasteiger partial charge on any atom is -0.481 e. The Morgan fingerprint density at radius 2 is 1.90 bits per heavy atom. The molecule has 2 atom stereocenters. The fourth-order valence-electron chi connectivity index (χ4n) is 2.21. The Morgan fingerprint density at radius 3 is 2.43 bits per heavy atom. The number of carbonyl (C=O) groups is 2. The van der Waals surface area contributed by atoms with Crippen LogP contribution in [0.4, 0.5) is 4.79 Å². The lowest BCUT2D eigenvalue weighted by Crippen LogP contribution is -2.50. The van der Waals surface area contributed by atoms with E-state index in [2.05, 4.69) is 10.6 Å². The molecule has 0 aromatic heterocycles. The SMILES string of the molecule is CC(C)(CNC(=O)NC1CCCC(C(=O)O)C1)S(C)(=O)=O. The van der Waals surface area contributed by atoms with Crippen LogP contribution in [-0.4, -0.2) is 49.1 Å². The fraction of sp³-hybridized carbons (Fsp3) is 0.846. The van der Waals surface area contributed by atoms with E-state index in [1.807, 2.05) is 0 Å². The number of urea groups is 1. The molecular weight excluding hydrogens is 296 g/mol. The lowest BCUT2D eigenvalue weighted by Gasteiger charge is -2.28. The second kappa shape index (κ2) is 6.64. The van der Waals surface area contributed by atoms with Crippen molar-refractivity contribution in [2.45, 2.75) is 50.3 Å². The molecule has 0 spiro atoms. The lowest BCUT2D eigenvalue weighted by atomic mass is 9.86. The molecule has 0 aliphatic heterocycles. The summed E-state index contributed by atoms with van der Waals surface area (Å²) in [6.07, 6.45) is 3.68. The molecule has 1 saturated carbocycles. The average Bonchev–Trinajstić information content (AvgIpc) is 2.35. The topological polar surface area (TPSA) is 113 Å². The van der Waals surface area contributed by atoms with Crippen molar-refractivity contribution in [2.75, 3.05) is 12.8 Å². The molecule has 0 heterocycles. The van der Waals surface area contributed by atoms with E-state index in [-0.39, 0.29) is 12.6 Å². The van der Waals surface area contributed by atoms with Crippen LogP contribution in [0.2, 0.25) is 0 Å². The molecule has 21 heavy (non-hydrogen) atoms. The van der Waals surface area contributed by atoms with E-state index in [4.69, 9.17) is 5.11 Å². The normalized spacial score (nSPS) is 23.4. The zero-order chi connectivity index (χ0) is 16.3. The van der Waals surface area contributed by atoms with Crippen LogP contribution in [0.25, 0.3) is 0 Å². The van der Waals surface area contributed by atoms with Gasteiger partial charge in [0.05, 0.1) is 10.7 Å². The zero-order valence-corrected chi connectivity index (χ0v) is 13.5. The van der Waals surface area contributed by atoms with Crippen molar-refractivity contribution in [3.8, 4) is 0 Å². The number of nitrogens with one attached hydrogen (secondary N) is 2. The molecule has 0 aromatic carbocycles. The van der Waals surface area contributed by atoms with Crippen molar-refractivity contribution in [1.29, 1.82) is 0 Å². The fourth-order valence-corrected chi connectivity index (χ4v) is 2.54. The van der Waals surface area contributed by atoms with Gasteiger partial charge in [-0.3, -0.25) is 4.79 Å². The molecule has 0 aromatic rings. The molecule has 1 aliphatic rings. The zero-order valence-electron chi connectivity index (χ0n) is 12.7. The standard InChI is InChI=1S/C13H24N2O5S/c1-13(2,21(3,19)20)8-14-12(18)15-10-6-4-5-9(7-10)11(16)17/h9-10H,4-8H2,1-3H3,(H,16,17)(H2,14,15,18). The van der Waals surface area contributed by atoms with Crippen LogP contribution in [0.15, 0.2) is 0 Å². The molecule has 8 heteroatoms. The van der Waals surface area contributed by atoms with Gasteiger partial charge in [0, 0.05) is 18.8 Å². The number of carboxylic acids is 1. The van der Waals surface area contributed by atoms with E-state index in [1.165, 1.54) is 0 Å². The summed E-state index contributed by atoms with van der Waals surface area (Å²) < 4.78 is 22.0. The summed E-state index contributed by atoms with van der Waals surface area (Å²) in [6.45, 7) is 3.10. The van der Waals surface area contributed by atoms with Gasteiger partial charge in [0.1, 0.15) is 0 Å². The first kappa shape index (κ1) is 17.7. The predicted molar refractivity (Wildman–Crippen MR) is 78.8 cm³/mol. The van der Waals surface area contributed by atoms with Gasteiger partial charge >= 0.3 is 12.0 Å². The molecule has 0 bridgehead atoms. The van der Waals surface area contributed by atoms with Gasteiger partial charge in [0.2, 0.25) is 0 Å². The smallest absolute Gasteiger partial charge is 0.315 e. The van der Waals surface area contributed by atoms with Crippen molar-refractivity contribution in [1.82, 2.24) is 10.6 Å². The second-order valence-electron chi connectivity index (χ2n) is 6.26. The van der Waals surface area contributed by atoms with Crippen LogP contribution in [0, 0.1) is 5.92 Å². The first-order valence-electron chi connectivity index (χ1n) is 7.00. The summed E-state index contributed by atoms with van der Waals surface area (Å²) >= 11 is 0. The van der Waals surface area contributed by atoms with Gasteiger partial charge in [-0.1, -0.05) is 6.42 Å². The highest BCUT2D eigenvalue weighted by Gasteiger charge is 2.31. The quantitative estimate of drug-likeness (QED) is 0.692. The third-order valence-electron chi connectivity index (χ3n) is 4.04. The molecule has 2 amide bonds. The van der Waals surface area contributed by atoms with Gasteiger partial charge in [-0.25, -0.2) is 13.2 Å². The van der Waals surface area contributed by atoms with E-state index in [1.54, 1.807) is 13.8 Å². The van der Waals surface area contributed by atoms with Crippen LogP contribution in [0.3, 0.4) is 0 Å². The summed E-state index contributed by atoms with van der Waals surface area (Å²) in [5.41, 5.74) is 0. The monoisotopic (exact) mass is 320 g/mol. The van der Waals surface area contributed by atoms with Crippen LogP contribution in [0.5, 0.6) is 0 Å². The van der Waals surface area contributed by atoms with Crippen LogP contribution >= 0.6 is 0 Å². The molecule has 3 N–H and O–H groups in total. The minimum absolute atomic E-state index is 0.00669. The van der Waals surface area contributed by atoms with Crippen LogP contribution in [0.1, 0.15) is 39.5 Å². The Morgan fingerprint density at radius 1 is 1.29 bits per heavy atom. The van der Waals surface area contributed by atoms with Crippen molar-refractivity contribution in [2.24, 2.45) is 5.92 Å². The average molecular weight is 320 g/mol. The van der Waals surface area contributed by atoms with E-state index >= 15 is 0 Å². The Bertz CT molecular complexity index is 501. The summed E-state index contributed by atoms with van der Waals surface area (Å²) in [7, 11) is -3.27. The molecule has 2 unspecified atom stereocenters. The molecule has 0 radical (unpaired) electrons. The molecule has 7 nitrogen and oxygen atoms in total. The number of hydrogen-bond donors (Lipinski definition) is 3. The largest absolute Gasteiger partial charge is 0.481 e. The van der Waals surface area contributed by atoms with Gasteiger partial charge in [-0.05, 0) is 33.1 Å².